The Balaban J connectivity index is 2.18. The van der Waals surface area contributed by atoms with Gasteiger partial charge in [0, 0.05) is 11.4 Å². The fraction of sp³-hybridized carbons (Fsp3) is 0.417. The number of hydrogen-bond acceptors (Lipinski definition) is 2. The van der Waals surface area contributed by atoms with Crippen LogP contribution in [0.4, 0.5) is 0 Å². The van der Waals surface area contributed by atoms with Crippen LogP contribution < -0.4 is 5.32 Å². The normalized spacial score (nSPS) is 11.5. The lowest BCUT2D eigenvalue weighted by atomic mass is 10.1. The van der Waals surface area contributed by atoms with Crippen molar-refractivity contribution in [1.29, 1.82) is 0 Å². The van der Waals surface area contributed by atoms with Crippen LogP contribution in [-0.4, -0.2) is 22.8 Å². The maximum Gasteiger partial charge on any atom is 0.0839 e. The maximum atomic E-state index is 6.07. The molecule has 1 aromatic carbocycles. The van der Waals surface area contributed by atoms with Gasteiger partial charge in [0.05, 0.1) is 16.7 Å². The van der Waals surface area contributed by atoms with Gasteiger partial charge in [-0.25, -0.2) is 0 Å². The van der Waals surface area contributed by atoms with Gasteiger partial charge < -0.3 is 5.32 Å². The number of aromatic amines is 1. The third-order valence-corrected chi connectivity index (χ3v) is 2.92. The summed E-state index contributed by atoms with van der Waals surface area (Å²) in [5.74, 6) is 0. The van der Waals surface area contributed by atoms with Crippen molar-refractivity contribution in [3.63, 3.8) is 0 Å². The third kappa shape index (κ3) is 2.36. The Labute approximate surface area is 100 Å². The Morgan fingerprint density at radius 3 is 3.00 bits per heavy atom. The molecule has 0 aliphatic rings. The molecule has 2 aromatic rings. The number of hydrogen-bond donors (Lipinski definition) is 2. The molecular weight excluding hydrogens is 222 g/mol. The molecule has 0 aliphatic heterocycles. The first-order valence-electron chi connectivity index (χ1n) is 5.52. The zero-order valence-corrected chi connectivity index (χ0v) is 10.3. The van der Waals surface area contributed by atoms with E-state index in [1.54, 1.807) is 0 Å². The molecule has 0 spiro atoms. The van der Waals surface area contributed by atoms with Crippen molar-refractivity contribution in [3.8, 4) is 0 Å². The molecule has 0 radical (unpaired) electrons. The van der Waals surface area contributed by atoms with E-state index in [1.807, 2.05) is 12.3 Å². The number of halogens is 1. The summed E-state index contributed by atoms with van der Waals surface area (Å²) in [7, 11) is 0. The van der Waals surface area contributed by atoms with Crippen LogP contribution in [0.25, 0.3) is 10.9 Å². The van der Waals surface area contributed by atoms with Crippen LogP contribution in [0.2, 0.25) is 5.02 Å². The summed E-state index contributed by atoms with van der Waals surface area (Å²) in [4.78, 5) is 0. The number of H-pyrrole nitrogens is 1. The third-order valence-electron chi connectivity index (χ3n) is 2.60. The molecule has 0 atom stereocenters. The zero-order valence-electron chi connectivity index (χ0n) is 9.55. The van der Waals surface area contributed by atoms with Gasteiger partial charge in [-0.1, -0.05) is 31.5 Å². The van der Waals surface area contributed by atoms with Gasteiger partial charge >= 0.3 is 0 Å². The Bertz CT molecular complexity index is 476. The molecule has 0 bridgehead atoms. The second kappa shape index (κ2) is 4.85. The summed E-state index contributed by atoms with van der Waals surface area (Å²) in [5, 5.41) is 12.2. The summed E-state index contributed by atoms with van der Waals surface area (Å²) in [6.07, 6.45) is 2.83. The highest BCUT2D eigenvalue weighted by Gasteiger charge is 2.06. The van der Waals surface area contributed by atoms with E-state index in [0.717, 1.165) is 28.9 Å². The van der Waals surface area contributed by atoms with Crippen molar-refractivity contribution in [2.45, 2.75) is 26.3 Å². The van der Waals surface area contributed by atoms with Crippen LogP contribution in [0.1, 0.15) is 19.4 Å². The molecule has 3 nitrogen and oxygen atoms in total. The average molecular weight is 238 g/mol. The van der Waals surface area contributed by atoms with Crippen molar-refractivity contribution in [3.05, 3.63) is 28.9 Å². The van der Waals surface area contributed by atoms with E-state index in [0.29, 0.717) is 6.04 Å². The van der Waals surface area contributed by atoms with E-state index in [2.05, 4.69) is 35.4 Å². The van der Waals surface area contributed by atoms with Gasteiger partial charge in [-0.15, -0.1) is 0 Å². The Morgan fingerprint density at radius 1 is 1.44 bits per heavy atom. The van der Waals surface area contributed by atoms with Crippen LogP contribution in [0.15, 0.2) is 18.3 Å². The van der Waals surface area contributed by atoms with Gasteiger partial charge in [-0.05, 0) is 24.6 Å². The quantitative estimate of drug-likeness (QED) is 0.859. The first-order chi connectivity index (χ1) is 7.68. The molecule has 1 heterocycles. The molecule has 0 aliphatic carbocycles. The van der Waals surface area contributed by atoms with Gasteiger partial charge in [-0.3, -0.25) is 5.10 Å². The summed E-state index contributed by atoms with van der Waals surface area (Å²) >= 11 is 6.07. The molecule has 0 amide bonds. The fourth-order valence-electron chi connectivity index (χ4n) is 1.77. The van der Waals surface area contributed by atoms with E-state index in [-0.39, 0.29) is 0 Å². The lowest BCUT2D eigenvalue weighted by molar-refractivity contribution is 0.591. The standard InChI is InChI=1S/C12H16ClN3/c1-8(2)14-6-5-9-3-4-11(13)12-10(9)7-15-16-12/h3-4,7-8,14H,5-6H2,1-2H3,(H,15,16). The Hall–Kier alpha value is -1.06. The molecule has 0 saturated carbocycles. The van der Waals surface area contributed by atoms with E-state index >= 15 is 0 Å². The minimum absolute atomic E-state index is 0.521. The predicted octanol–water partition coefficient (Wildman–Crippen LogP) is 2.76. The number of nitrogens with zero attached hydrogens (tertiary/aromatic N) is 1. The van der Waals surface area contributed by atoms with Crippen molar-refractivity contribution in [1.82, 2.24) is 15.5 Å². The topological polar surface area (TPSA) is 40.7 Å². The molecule has 0 unspecified atom stereocenters. The van der Waals surface area contributed by atoms with E-state index in [1.165, 1.54) is 5.56 Å². The number of aromatic nitrogens is 2. The molecule has 2 N–H and O–H groups in total. The minimum Gasteiger partial charge on any atom is -0.314 e. The molecule has 0 saturated heterocycles. The van der Waals surface area contributed by atoms with Gasteiger partial charge in [0.2, 0.25) is 0 Å². The van der Waals surface area contributed by atoms with E-state index < -0.39 is 0 Å². The van der Waals surface area contributed by atoms with E-state index in [4.69, 9.17) is 11.6 Å². The summed E-state index contributed by atoms with van der Waals surface area (Å²) in [6, 6.07) is 4.52. The highest BCUT2D eigenvalue weighted by atomic mass is 35.5. The monoisotopic (exact) mass is 237 g/mol. The molecule has 2 rings (SSSR count). The molecular formula is C12H16ClN3. The van der Waals surface area contributed by atoms with Gasteiger partial charge in [0.1, 0.15) is 0 Å². The minimum atomic E-state index is 0.521. The predicted molar refractivity (Wildman–Crippen MR) is 67.9 cm³/mol. The largest absolute Gasteiger partial charge is 0.314 e. The lowest BCUT2D eigenvalue weighted by Gasteiger charge is -2.08. The molecule has 16 heavy (non-hydrogen) atoms. The number of fused-ring (bicyclic) bond motifs is 1. The Morgan fingerprint density at radius 2 is 2.25 bits per heavy atom. The van der Waals surface area contributed by atoms with Crippen LogP contribution in [-0.2, 0) is 6.42 Å². The lowest BCUT2D eigenvalue weighted by Crippen LogP contribution is -2.24. The smallest absolute Gasteiger partial charge is 0.0839 e. The first-order valence-corrected chi connectivity index (χ1v) is 5.90. The second-order valence-electron chi connectivity index (χ2n) is 4.22. The number of rotatable bonds is 4. The summed E-state index contributed by atoms with van der Waals surface area (Å²) in [6.45, 7) is 5.27. The van der Waals surface area contributed by atoms with Crippen LogP contribution in [0, 0.1) is 0 Å². The first kappa shape index (κ1) is 11.4. The van der Waals surface area contributed by atoms with Gasteiger partial charge in [-0.2, -0.15) is 5.10 Å². The van der Waals surface area contributed by atoms with Crippen LogP contribution in [0.5, 0.6) is 0 Å². The molecule has 1 aromatic heterocycles. The van der Waals surface area contributed by atoms with E-state index in [9.17, 15) is 0 Å². The SMILES string of the molecule is CC(C)NCCc1ccc(Cl)c2[nH]ncc12. The van der Waals surface area contributed by atoms with Gasteiger partial charge in [0.15, 0.2) is 0 Å². The summed E-state index contributed by atoms with van der Waals surface area (Å²) in [5.41, 5.74) is 2.21. The molecule has 4 heteroatoms. The van der Waals surface area contributed by atoms with Crippen molar-refractivity contribution in [2.24, 2.45) is 0 Å². The molecule has 86 valence electrons. The Kier molecular flexibility index (Phi) is 3.46. The second-order valence-corrected chi connectivity index (χ2v) is 4.63. The highest BCUT2D eigenvalue weighted by Crippen LogP contribution is 2.24. The van der Waals surface area contributed by atoms with Gasteiger partial charge in [0.25, 0.3) is 0 Å². The number of nitrogens with one attached hydrogen (secondary N) is 2. The average Bonchev–Trinajstić information content (AvgIpc) is 2.70. The maximum absolute atomic E-state index is 6.07. The van der Waals surface area contributed by atoms with Crippen LogP contribution in [0.3, 0.4) is 0 Å². The number of benzene rings is 1. The zero-order chi connectivity index (χ0) is 11.5. The molecule has 0 fully saturated rings. The van der Waals surface area contributed by atoms with Crippen LogP contribution >= 0.6 is 11.6 Å². The highest BCUT2D eigenvalue weighted by molar-refractivity contribution is 6.35. The summed E-state index contributed by atoms with van der Waals surface area (Å²) < 4.78 is 0. The van der Waals surface area contributed by atoms with Crippen molar-refractivity contribution < 1.29 is 0 Å². The van der Waals surface area contributed by atoms with Crippen molar-refractivity contribution in [2.75, 3.05) is 6.54 Å². The van der Waals surface area contributed by atoms with Crippen molar-refractivity contribution >= 4 is 22.5 Å². The fourth-order valence-corrected chi connectivity index (χ4v) is 1.98.